The SMILES string of the molecule is CCNCC1(c2cc(Cl)ccc2OC)CC2(CCCC2)C1. The van der Waals surface area contributed by atoms with E-state index >= 15 is 0 Å². The molecule has 3 rings (SSSR count). The summed E-state index contributed by atoms with van der Waals surface area (Å²) < 4.78 is 5.63. The second-order valence-corrected chi connectivity index (χ2v) is 7.40. The first kappa shape index (κ1) is 15.2. The minimum absolute atomic E-state index is 0.205. The molecule has 21 heavy (non-hydrogen) atoms. The van der Waals surface area contributed by atoms with Crippen molar-refractivity contribution in [2.75, 3.05) is 20.2 Å². The van der Waals surface area contributed by atoms with Gasteiger partial charge in [0.25, 0.3) is 0 Å². The Bertz CT molecular complexity index is 500. The van der Waals surface area contributed by atoms with Crippen molar-refractivity contribution in [2.45, 2.75) is 50.9 Å². The van der Waals surface area contributed by atoms with Crippen molar-refractivity contribution >= 4 is 11.6 Å². The molecule has 2 aliphatic rings. The average Bonchev–Trinajstić information content (AvgIpc) is 2.93. The van der Waals surface area contributed by atoms with Crippen molar-refractivity contribution in [3.05, 3.63) is 28.8 Å². The second kappa shape index (κ2) is 5.81. The molecule has 0 heterocycles. The standard InChI is InChI=1S/C18H26ClNO/c1-3-20-13-18(11-17(12-18)8-4-5-9-17)15-10-14(19)6-7-16(15)21-2/h6-7,10,20H,3-5,8-9,11-13H2,1-2H3. The first-order valence-corrected chi connectivity index (χ1v) is 8.56. The van der Waals surface area contributed by atoms with E-state index < -0.39 is 0 Å². The number of benzene rings is 1. The van der Waals surface area contributed by atoms with E-state index in [4.69, 9.17) is 16.3 Å². The summed E-state index contributed by atoms with van der Waals surface area (Å²) in [4.78, 5) is 0. The lowest BCUT2D eigenvalue weighted by Crippen LogP contribution is -2.54. The Kier molecular flexibility index (Phi) is 4.20. The predicted octanol–water partition coefficient (Wildman–Crippen LogP) is 4.55. The van der Waals surface area contributed by atoms with Gasteiger partial charge in [-0.25, -0.2) is 0 Å². The van der Waals surface area contributed by atoms with Gasteiger partial charge in [0.1, 0.15) is 5.75 Å². The molecule has 2 nitrogen and oxygen atoms in total. The Morgan fingerprint density at radius 1 is 1.24 bits per heavy atom. The summed E-state index contributed by atoms with van der Waals surface area (Å²) in [5.41, 5.74) is 2.11. The third-order valence-electron chi connectivity index (χ3n) is 5.54. The summed E-state index contributed by atoms with van der Waals surface area (Å²) in [6.45, 7) is 4.21. The molecule has 2 saturated carbocycles. The molecule has 0 atom stereocenters. The van der Waals surface area contributed by atoms with Gasteiger partial charge in [0.2, 0.25) is 0 Å². The Balaban J connectivity index is 1.91. The smallest absolute Gasteiger partial charge is 0.122 e. The summed E-state index contributed by atoms with van der Waals surface area (Å²) in [7, 11) is 1.76. The second-order valence-electron chi connectivity index (χ2n) is 6.97. The topological polar surface area (TPSA) is 21.3 Å². The highest BCUT2D eigenvalue weighted by atomic mass is 35.5. The minimum atomic E-state index is 0.205. The molecule has 1 N–H and O–H groups in total. The number of hydrogen-bond acceptors (Lipinski definition) is 2. The van der Waals surface area contributed by atoms with Crippen molar-refractivity contribution in [3.8, 4) is 5.75 Å². The van der Waals surface area contributed by atoms with Crippen LogP contribution in [0.3, 0.4) is 0 Å². The van der Waals surface area contributed by atoms with E-state index in [9.17, 15) is 0 Å². The highest BCUT2D eigenvalue weighted by Gasteiger charge is 2.56. The van der Waals surface area contributed by atoms with Crippen molar-refractivity contribution in [3.63, 3.8) is 0 Å². The summed E-state index contributed by atoms with van der Waals surface area (Å²) in [6, 6.07) is 6.07. The fourth-order valence-corrected chi connectivity index (χ4v) is 4.90. The maximum atomic E-state index is 6.27. The molecule has 3 heteroatoms. The zero-order valence-corrected chi connectivity index (χ0v) is 13.9. The van der Waals surface area contributed by atoms with Crippen LogP contribution < -0.4 is 10.1 Å². The Labute approximate surface area is 133 Å². The van der Waals surface area contributed by atoms with Crippen LogP contribution in [-0.2, 0) is 5.41 Å². The van der Waals surface area contributed by atoms with Gasteiger partial charge in [0, 0.05) is 22.5 Å². The van der Waals surface area contributed by atoms with Crippen LogP contribution in [0.2, 0.25) is 5.02 Å². The molecule has 2 fully saturated rings. The summed E-state index contributed by atoms with van der Waals surface area (Å²) >= 11 is 6.27. The van der Waals surface area contributed by atoms with Gasteiger partial charge in [-0.3, -0.25) is 0 Å². The van der Waals surface area contributed by atoms with E-state index in [1.165, 1.54) is 44.1 Å². The summed E-state index contributed by atoms with van der Waals surface area (Å²) in [6.07, 6.45) is 8.19. The molecule has 0 bridgehead atoms. The molecule has 0 saturated heterocycles. The highest BCUT2D eigenvalue weighted by molar-refractivity contribution is 6.30. The first-order valence-electron chi connectivity index (χ1n) is 8.18. The average molecular weight is 308 g/mol. The Morgan fingerprint density at radius 2 is 1.95 bits per heavy atom. The molecule has 0 radical (unpaired) electrons. The monoisotopic (exact) mass is 307 g/mol. The maximum absolute atomic E-state index is 6.27. The van der Waals surface area contributed by atoms with Crippen LogP contribution in [0.4, 0.5) is 0 Å². The molecule has 0 unspecified atom stereocenters. The van der Waals surface area contributed by atoms with E-state index in [1.54, 1.807) is 7.11 Å². The van der Waals surface area contributed by atoms with Gasteiger partial charge in [0.15, 0.2) is 0 Å². The van der Waals surface area contributed by atoms with Gasteiger partial charge >= 0.3 is 0 Å². The van der Waals surface area contributed by atoms with Crippen LogP contribution in [0.5, 0.6) is 5.75 Å². The third kappa shape index (κ3) is 2.68. The van der Waals surface area contributed by atoms with Gasteiger partial charge < -0.3 is 10.1 Å². The fraction of sp³-hybridized carbons (Fsp3) is 0.667. The molecule has 1 spiro atoms. The number of hydrogen-bond donors (Lipinski definition) is 1. The normalized spacial score (nSPS) is 22.2. The zero-order valence-electron chi connectivity index (χ0n) is 13.2. The molecule has 1 aromatic rings. The molecule has 1 aromatic carbocycles. The lowest BCUT2D eigenvalue weighted by molar-refractivity contribution is 0.0258. The van der Waals surface area contributed by atoms with E-state index in [0.29, 0.717) is 5.41 Å². The first-order chi connectivity index (χ1) is 10.1. The van der Waals surface area contributed by atoms with E-state index in [0.717, 1.165) is 23.9 Å². The number of nitrogens with one attached hydrogen (secondary N) is 1. The lowest BCUT2D eigenvalue weighted by atomic mass is 9.49. The fourth-order valence-electron chi connectivity index (χ4n) is 4.73. The molecule has 0 aromatic heterocycles. The molecule has 2 aliphatic carbocycles. The van der Waals surface area contributed by atoms with Crippen molar-refractivity contribution < 1.29 is 4.74 Å². The van der Waals surface area contributed by atoms with E-state index in [-0.39, 0.29) is 5.41 Å². The predicted molar refractivity (Wildman–Crippen MR) is 88.4 cm³/mol. The summed E-state index contributed by atoms with van der Waals surface area (Å²) in [5, 5.41) is 4.38. The quantitative estimate of drug-likeness (QED) is 0.861. The van der Waals surface area contributed by atoms with Crippen LogP contribution >= 0.6 is 11.6 Å². The third-order valence-corrected chi connectivity index (χ3v) is 5.77. The summed E-state index contributed by atoms with van der Waals surface area (Å²) in [5.74, 6) is 0.991. The van der Waals surface area contributed by atoms with E-state index in [1.807, 2.05) is 12.1 Å². The largest absolute Gasteiger partial charge is 0.496 e. The molecule has 0 aliphatic heterocycles. The number of rotatable bonds is 5. The Hall–Kier alpha value is -0.730. The van der Waals surface area contributed by atoms with Gasteiger partial charge in [-0.1, -0.05) is 31.4 Å². The lowest BCUT2D eigenvalue weighted by Gasteiger charge is -2.56. The van der Waals surface area contributed by atoms with Crippen LogP contribution in [0, 0.1) is 5.41 Å². The highest BCUT2D eigenvalue weighted by Crippen LogP contribution is 2.63. The number of halogens is 1. The van der Waals surface area contributed by atoms with Crippen LogP contribution in [0.25, 0.3) is 0 Å². The van der Waals surface area contributed by atoms with Crippen molar-refractivity contribution in [2.24, 2.45) is 5.41 Å². The molecule has 0 amide bonds. The molecular weight excluding hydrogens is 282 g/mol. The molecular formula is C18H26ClNO. The number of methoxy groups -OCH3 is 1. The van der Waals surface area contributed by atoms with Gasteiger partial charge in [-0.15, -0.1) is 0 Å². The number of ether oxygens (including phenoxy) is 1. The van der Waals surface area contributed by atoms with Crippen molar-refractivity contribution in [1.29, 1.82) is 0 Å². The van der Waals surface area contributed by atoms with E-state index in [2.05, 4.69) is 18.3 Å². The van der Waals surface area contributed by atoms with Gasteiger partial charge in [-0.2, -0.15) is 0 Å². The Morgan fingerprint density at radius 3 is 2.57 bits per heavy atom. The van der Waals surface area contributed by atoms with Crippen LogP contribution in [-0.4, -0.2) is 20.2 Å². The molecule has 116 valence electrons. The van der Waals surface area contributed by atoms with Gasteiger partial charge in [0.05, 0.1) is 7.11 Å². The minimum Gasteiger partial charge on any atom is -0.496 e. The van der Waals surface area contributed by atoms with Crippen LogP contribution in [0.1, 0.15) is 51.0 Å². The van der Waals surface area contributed by atoms with Crippen molar-refractivity contribution in [1.82, 2.24) is 5.32 Å². The van der Waals surface area contributed by atoms with Crippen LogP contribution in [0.15, 0.2) is 18.2 Å². The van der Waals surface area contributed by atoms with Gasteiger partial charge in [-0.05, 0) is 55.8 Å². The number of likely N-dealkylation sites (N-methyl/N-ethyl adjacent to an activating group) is 1. The zero-order chi connectivity index (χ0) is 14.9. The maximum Gasteiger partial charge on any atom is 0.122 e.